The highest BCUT2D eigenvalue weighted by atomic mass is 32.1. The lowest BCUT2D eigenvalue weighted by Crippen LogP contribution is -2.28. The molecule has 0 aromatic heterocycles. The van der Waals surface area contributed by atoms with E-state index in [-0.39, 0.29) is 16.6 Å². The van der Waals surface area contributed by atoms with E-state index in [0.717, 1.165) is 11.1 Å². The minimum atomic E-state index is 0.167. The van der Waals surface area contributed by atoms with Gasteiger partial charge in [-0.25, -0.2) is 0 Å². The summed E-state index contributed by atoms with van der Waals surface area (Å²) in [5, 5.41) is 26.7. The van der Waals surface area contributed by atoms with Gasteiger partial charge in [-0.2, -0.15) is 10.2 Å². The molecule has 4 N–H and O–H groups in total. The van der Waals surface area contributed by atoms with Gasteiger partial charge in [0.25, 0.3) is 0 Å². The largest absolute Gasteiger partial charge is 0.508 e. The Morgan fingerprint density at radius 1 is 0.864 bits per heavy atom. The van der Waals surface area contributed by atoms with Crippen molar-refractivity contribution >= 4 is 29.8 Å². The highest BCUT2D eigenvalue weighted by Gasteiger charge is 1.93. The predicted molar refractivity (Wildman–Crippen MR) is 90.3 cm³/mol. The molecule has 0 fully saturated rings. The van der Waals surface area contributed by atoms with Crippen molar-refractivity contribution in [3.63, 3.8) is 0 Å². The summed E-state index contributed by atoms with van der Waals surface area (Å²) in [5.41, 5.74) is 6.66. The third kappa shape index (κ3) is 5.22. The van der Waals surface area contributed by atoms with E-state index in [1.807, 2.05) is 0 Å². The Kier molecular flexibility index (Phi) is 5.44. The number of hydrogen-bond acceptors (Lipinski definition) is 5. The van der Waals surface area contributed by atoms with Crippen LogP contribution in [0.2, 0.25) is 0 Å². The Balaban J connectivity index is 1.81. The molecule has 0 bridgehead atoms. The summed E-state index contributed by atoms with van der Waals surface area (Å²) in [6, 6.07) is 13.3. The van der Waals surface area contributed by atoms with Gasteiger partial charge in [0.05, 0.1) is 12.4 Å². The number of phenolic OH excluding ortho intramolecular Hbond substituents is 2. The summed E-state index contributed by atoms with van der Waals surface area (Å²) in [7, 11) is 0. The standard InChI is InChI=1S/C15H14N4O2S/c20-13-5-1-3-11(7-13)9-16-18-15(22)19-17-10-12-4-2-6-14(21)8-12/h1-10,20-21H,(H2,18,19,22). The molecule has 0 heterocycles. The SMILES string of the molecule is Oc1cccc(C=NNC(=S)NN=Cc2cccc(O)c2)c1. The number of aromatic hydroxyl groups is 2. The van der Waals surface area contributed by atoms with Crippen LogP contribution in [0.5, 0.6) is 11.5 Å². The monoisotopic (exact) mass is 314 g/mol. The van der Waals surface area contributed by atoms with E-state index in [9.17, 15) is 10.2 Å². The zero-order valence-electron chi connectivity index (χ0n) is 11.5. The molecule has 7 heteroatoms. The van der Waals surface area contributed by atoms with Gasteiger partial charge in [-0.1, -0.05) is 24.3 Å². The molecule has 0 saturated carbocycles. The summed E-state index contributed by atoms with van der Waals surface area (Å²) < 4.78 is 0. The van der Waals surface area contributed by atoms with Crippen molar-refractivity contribution in [2.24, 2.45) is 10.2 Å². The van der Waals surface area contributed by atoms with Crippen molar-refractivity contribution in [3.8, 4) is 11.5 Å². The number of rotatable bonds is 4. The van der Waals surface area contributed by atoms with Gasteiger partial charge in [0.2, 0.25) is 5.11 Å². The third-order valence-electron chi connectivity index (χ3n) is 2.50. The van der Waals surface area contributed by atoms with E-state index in [4.69, 9.17) is 12.2 Å². The molecule has 6 nitrogen and oxygen atoms in total. The van der Waals surface area contributed by atoms with Crippen LogP contribution in [0.1, 0.15) is 11.1 Å². The lowest BCUT2D eigenvalue weighted by atomic mass is 10.2. The molecule has 2 rings (SSSR count). The van der Waals surface area contributed by atoms with Gasteiger partial charge in [0.15, 0.2) is 0 Å². The number of nitrogens with zero attached hydrogens (tertiary/aromatic N) is 2. The second-order valence-corrected chi connectivity index (χ2v) is 4.67. The van der Waals surface area contributed by atoms with Crippen LogP contribution in [-0.4, -0.2) is 27.8 Å². The van der Waals surface area contributed by atoms with Crippen molar-refractivity contribution < 1.29 is 10.2 Å². The Morgan fingerprint density at radius 2 is 1.32 bits per heavy atom. The second-order valence-electron chi connectivity index (χ2n) is 4.26. The molecule has 0 amide bonds. The first-order valence-electron chi connectivity index (χ1n) is 6.34. The fraction of sp³-hybridized carbons (Fsp3) is 0. The molecule has 0 atom stereocenters. The van der Waals surface area contributed by atoms with Crippen LogP contribution in [0.3, 0.4) is 0 Å². The number of nitrogens with one attached hydrogen (secondary N) is 2. The molecule has 0 radical (unpaired) electrons. The second kappa shape index (κ2) is 7.75. The molecule has 2 aromatic carbocycles. The zero-order valence-corrected chi connectivity index (χ0v) is 12.3. The maximum absolute atomic E-state index is 9.31. The van der Waals surface area contributed by atoms with Gasteiger partial charge in [-0.3, -0.25) is 10.9 Å². The van der Waals surface area contributed by atoms with Crippen LogP contribution in [0.15, 0.2) is 58.7 Å². The van der Waals surface area contributed by atoms with E-state index in [2.05, 4.69) is 21.1 Å². The van der Waals surface area contributed by atoms with Gasteiger partial charge in [-0.15, -0.1) is 0 Å². The Hall–Kier alpha value is -2.93. The summed E-state index contributed by atoms with van der Waals surface area (Å²) in [5.74, 6) is 0.334. The van der Waals surface area contributed by atoms with Gasteiger partial charge in [0.1, 0.15) is 11.5 Å². The first-order valence-corrected chi connectivity index (χ1v) is 6.74. The average Bonchev–Trinajstić information content (AvgIpc) is 2.47. The predicted octanol–water partition coefficient (Wildman–Crippen LogP) is 1.93. The molecule has 0 aliphatic carbocycles. The fourth-order valence-corrected chi connectivity index (χ4v) is 1.67. The third-order valence-corrected chi connectivity index (χ3v) is 2.68. The van der Waals surface area contributed by atoms with E-state index in [0.29, 0.717) is 0 Å². The molecular formula is C15H14N4O2S. The van der Waals surface area contributed by atoms with E-state index in [1.54, 1.807) is 48.5 Å². The van der Waals surface area contributed by atoms with E-state index < -0.39 is 0 Å². The highest BCUT2D eigenvalue weighted by Crippen LogP contribution is 2.09. The van der Waals surface area contributed by atoms with Crippen molar-refractivity contribution in [1.82, 2.24) is 10.9 Å². The van der Waals surface area contributed by atoms with Gasteiger partial charge in [0, 0.05) is 0 Å². The summed E-state index contributed by atoms with van der Waals surface area (Å²) in [6.07, 6.45) is 3.04. The Bertz CT molecular complexity index is 657. The quantitative estimate of drug-likeness (QED) is 0.393. The fourth-order valence-electron chi connectivity index (χ4n) is 1.57. The van der Waals surface area contributed by atoms with Crippen molar-refractivity contribution in [2.45, 2.75) is 0 Å². The molecule has 0 saturated heterocycles. The number of thiocarbonyl (C=S) groups is 1. The minimum absolute atomic E-state index is 0.167. The van der Waals surface area contributed by atoms with Gasteiger partial charge < -0.3 is 10.2 Å². The van der Waals surface area contributed by atoms with Crippen LogP contribution >= 0.6 is 12.2 Å². The van der Waals surface area contributed by atoms with Crippen molar-refractivity contribution in [2.75, 3.05) is 0 Å². The lowest BCUT2D eigenvalue weighted by Gasteiger charge is -2.01. The lowest BCUT2D eigenvalue weighted by molar-refractivity contribution is 0.474. The van der Waals surface area contributed by atoms with Crippen LogP contribution < -0.4 is 10.9 Å². The molecule has 0 spiro atoms. The first-order chi connectivity index (χ1) is 10.6. The normalized spacial score (nSPS) is 10.9. The molecule has 0 aliphatic heterocycles. The maximum atomic E-state index is 9.31. The van der Waals surface area contributed by atoms with Crippen molar-refractivity contribution in [3.05, 3.63) is 59.7 Å². The topological polar surface area (TPSA) is 89.2 Å². The Labute approximate surface area is 132 Å². The van der Waals surface area contributed by atoms with Gasteiger partial charge >= 0.3 is 0 Å². The Morgan fingerprint density at radius 3 is 1.73 bits per heavy atom. The van der Waals surface area contributed by atoms with E-state index >= 15 is 0 Å². The summed E-state index contributed by atoms with van der Waals surface area (Å²) in [4.78, 5) is 0. The molecule has 22 heavy (non-hydrogen) atoms. The van der Waals surface area contributed by atoms with Crippen LogP contribution in [0.25, 0.3) is 0 Å². The molecule has 112 valence electrons. The minimum Gasteiger partial charge on any atom is -0.508 e. The number of phenols is 2. The number of benzene rings is 2. The van der Waals surface area contributed by atoms with Crippen LogP contribution in [0.4, 0.5) is 0 Å². The molecule has 0 unspecified atom stereocenters. The van der Waals surface area contributed by atoms with Gasteiger partial charge in [-0.05, 0) is 47.6 Å². The smallest absolute Gasteiger partial charge is 0.207 e. The van der Waals surface area contributed by atoms with Crippen LogP contribution in [0, 0.1) is 0 Å². The molecule has 2 aromatic rings. The molecule has 0 aliphatic rings. The zero-order chi connectivity index (χ0) is 15.8. The van der Waals surface area contributed by atoms with Crippen LogP contribution in [-0.2, 0) is 0 Å². The number of hydrazone groups is 2. The summed E-state index contributed by atoms with van der Waals surface area (Å²) >= 11 is 4.99. The molecular weight excluding hydrogens is 300 g/mol. The first kappa shape index (κ1) is 15.5. The highest BCUT2D eigenvalue weighted by molar-refractivity contribution is 7.80. The van der Waals surface area contributed by atoms with E-state index in [1.165, 1.54) is 12.4 Å². The van der Waals surface area contributed by atoms with Crippen molar-refractivity contribution in [1.29, 1.82) is 0 Å². The number of hydrogen-bond donors (Lipinski definition) is 4. The maximum Gasteiger partial charge on any atom is 0.207 e. The summed E-state index contributed by atoms with van der Waals surface area (Å²) in [6.45, 7) is 0. The average molecular weight is 314 g/mol.